The van der Waals surface area contributed by atoms with E-state index in [2.05, 4.69) is 20.4 Å². The molecule has 2 aliphatic rings. The number of aromatic nitrogens is 2. The summed E-state index contributed by atoms with van der Waals surface area (Å²) < 4.78 is 10.8. The van der Waals surface area contributed by atoms with Crippen molar-refractivity contribution >= 4 is 18.3 Å². The standard InChI is InChI=1S/C21H29N5O3.ClH/c1-2-28-18-5-3-16(4-6-18)21-23-19(29-24-21)7-8-20(27)26-12-9-17(15-26)25-13-10-22-11-14-25;/h3-6,17,22H,2,7-15H2,1H3;1H. The highest BCUT2D eigenvalue weighted by atomic mass is 35.5. The maximum Gasteiger partial charge on any atom is 0.227 e. The van der Waals surface area contributed by atoms with Crippen LogP contribution in [0.15, 0.2) is 28.8 Å². The van der Waals surface area contributed by atoms with Gasteiger partial charge in [0.05, 0.1) is 6.61 Å². The van der Waals surface area contributed by atoms with Crippen LogP contribution < -0.4 is 10.1 Å². The third kappa shape index (κ3) is 5.50. The zero-order valence-electron chi connectivity index (χ0n) is 17.4. The average molecular weight is 436 g/mol. The van der Waals surface area contributed by atoms with E-state index in [4.69, 9.17) is 9.26 Å². The fourth-order valence-electron chi connectivity index (χ4n) is 4.03. The summed E-state index contributed by atoms with van der Waals surface area (Å²) in [6.07, 6.45) is 1.94. The molecule has 30 heavy (non-hydrogen) atoms. The molecule has 2 aromatic rings. The number of likely N-dealkylation sites (tertiary alicyclic amines) is 1. The highest BCUT2D eigenvalue weighted by molar-refractivity contribution is 5.85. The van der Waals surface area contributed by atoms with Crippen LogP contribution in [0.3, 0.4) is 0 Å². The van der Waals surface area contributed by atoms with Crippen molar-refractivity contribution < 1.29 is 14.1 Å². The van der Waals surface area contributed by atoms with Crippen LogP contribution in [0.1, 0.15) is 25.7 Å². The first-order valence-corrected chi connectivity index (χ1v) is 10.5. The molecule has 1 unspecified atom stereocenters. The Labute approximate surface area is 183 Å². The van der Waals surface area contributed by atoms with Gasteiger partial charge in [-0.3, -0.25) is 9.69 Å². The Morgan fingerprint density at radius 1 is 1.23 bits per heavy atom. The number of hydrogen-bond donors (Lipinski definition) is 1. The van der Waals surface area contributed by atoms with E-state index in [-0.39, 0.29) is 18.3 Å². The minimum Gasteiger partial charge on any atom is -0.494 e. The molecule has 0 aliphatic carbocycles. The summed E-state index contributed by atoms with van der Waals surface area (Å²) in [6.45, 7) is 8.48. The fraction of sp³-hybridized carbons (Fsp3) is 0.571. The maximum atomic E-state index is 12.6. The Morgan fingerprint density at radius 2 is 2.00 bits per heavy atom. The lowest BCUT2D eigenvalue weighted by Gasteiger charge is -2.32. The Morgan fingerprint density at radius 3 is 2.73 bits per heavy atom. The minimum absolute atomic E-state index is 0. The maximum absolute atomic E-state index is 12.6. The number of nitrogens with zero attached hydrogens (tertiary/aromatic N) is 4. The van der Waals surface area contributed by atoms with Gasteiger partial charge in [-0.25, -0.2) is 0 Å². The summed E-state index contributed by atoms with van der Waals surface area (Å²) in [5, 5.41) is 7.43. The number of ether oxygens (including phenoxy) is 1. The van der Waals surface area contributed by atoms with Gasteiger partial charge in [-0.15, -0.1) is 12.4 Å². The lowest BCUT2D eigenvalue weighted by molar-refractivity contribution is -0.130. The van der Waals surface area contributed by atoms with Crippen LogP contribution in [0.4, 0.5) is 0 Å². The van der Waals surface area contributed by atoms with E-state index in [1.807, 2.05) is 36.1 Å². The van der Waals surface area contributed by atoms with Crippen molar-refractivity contribution in [3.05, 3.63) is 30.2 Å². The zero-order valence-corrected chi connectivity index (χ0v) is 18.2. The van der Waals surface area contributed by atoms with Gasteiger partial charge < -0.3 is 19.5 Å². The van der Waals surface area contributed by atoms with Crippen molar-refractivity contribution in [3.63, 3.8) is 0 Å². The molecule has 1 aromatic carbocycles. The van der Waals surface area contributed by atoms with E-state index in [0.717, 1.165) is 57.0 Å². The number of halogens is 1. The number of piperazine rings is 1. The van der Waals surface area contributed by atoms with Gasteiger partial charge in [0, 0.05) is 63.7 Å². The molecule has 9 heteroatoms. The van der Waals surface area contributed by atoms with E-state index >= 15 is 0 Å². The van der Waals surface area contributed by atoms with Gasteiger partial charge in [-0.05, 0) is 37.6 Å². The molecule has 1 amide bonds. The second kappa shape index (κ2) is 10.7. The molecule has 0 bridgehead atoms. The number of benzene rings is 1. The predicted molar refractivity (Wildman–Crippen MR) is 116 cm³/mol. The number of nitrogens with one attached hydrogen (secondary N) is 1. The summed E-state index contributed by atoms with van der Waals surface area (Å²) >= 11 is 0. The van der Waals surface area contributed by atoms with Crippen LogP contribution in [-0.4, -0.2) is 77.8 Å². The molecule has 2 aliphatic heterocycles. The van der Waals surface area contributed by atoms with Crippen LogP contribution in [-0.2, 0) is 11.2 Å². The number of aryl methyl sites for hydroxylation is 1. The summed E-state index contributed by atoms with van der Waals surface area (Å²) in [5.74, 6) is 2.02. The third-order valence-electron chi connectivity index (χ3n) is 5.63. The van der Waals surface area contributed by atoms with Crippen LogP contribution >= 0.6 is 12.4 Å². The lowest BCUT2D eigenvalue weighted by Crippen LogP contribution is -2.49. The highest BCUT2D eigenvalue weighted by Gasteiger charge is 2.30. The lowest BCUT2D eigenvalue weighted by atomic mass is 10.2. The van der Waals surface area contributed by atoms with Crippen molar-refractivity contribution in [1.82, 2.24) is 25.3 Å². The Bertz CT molecular complexity index is 807. The molecule has 2 fully saturated rings. The zero-order chi connectivity index (χ0) is 20.1. The van der Waals surface area contributed by atoms with Gasteiger partial charge in [0.25, 0.3) is 0 Å². The largest absolute Gasteiger partial charge is 0.494 e. The van der Waals surface area contributed by atoms with E-state index < -0.39 is 0 Å². The second-order valence-electron chi connectivity index (χ2n) is 7.54. The SMILES string of the molecule is CCOc1ccc(-c2noc(CCC(=O)N3CCC(N4CCNCC4)C3)n2)cc1.Cl. The van der Waals surface area contributed by atoms with Crippen molar-refractivity contribution in [1.29, 1.82) is 0 Å². The van der Waals surface area contributed by atoms with E-state index in [1.54, 1.807) is 0 Å². The molecule has 164 valence electrons. The molecular weight excluding hydrogens is 406 g/mol. The van der Waals surface area contributed by atoms with Crippen LogP contribution in [0.25, 0.3) is 11.4 Å². The van der Waals surface area contributed by atoms with Crippen molar-refractivity contribution in [3.8, 4) is 17.1 Å². The third-order valence-corrected chi connectivity index (χ3v) is 5.63. The normalized spacial score (nSPS) is 19.5. The molecule has 2 saturated heterocycles. The Kier molecular flexibility index (Phi) is 8.07. The van der Waals surface area contributed by atoms with Crippen molar-refractivity contribution in [2.24, 2.45) is 0 Å². The summed E-state index contributed by atoms with van der Waals surface area (Å²) in [4.78, 5) is 21.5. The van der Waals surface area contributed by atoms with Gasteiger partial charge in [-0.1, -0.05) is 5.16 Å². The summed E-state index contributed by atoms with van der Waals surface area (Å²) in [7, 11) is 0. The molecule has 1 aromatic heterocycles. The molecule has 8 nitrogen and oxygen atoms in total. The Balaban J connectivity index is 0.00000256. The molecule has 0 spiro atoms. The molecule has 0 radical (unpaired) electrons. The predicted octanol–water partition coefficient (Wildman–Crippen LogP) is 2.00. The number of carbonyl (C=O) groups is 1. The van der Waals surface area contributed by atoms with Gasteiger partial charge >= 0.3 is 0 Å². The van der Waals surface area contributed by atoms with Crippen molar-refractivity contribution in [2.75, 3.05) is 45.9 Å². The minimum atomic E-state index is 0. The van der Waals surface area contributed by atoms with Gasteiger partial charge in [0.1, 0.15) is 5.75 Å². The molecule has 0 saturated carbocycles. The number of rotatable bonds is 7. The van der Waals surface area contributed by atoms with Gasteiger partial charge in [0.15, 0.2) is 0 Å². The second-order valence-corrected chi connectivity index (χ2v) is 7.54. The summed E-state index contributed by atoms with van der Waals surface area (Å²) in [6, 6.07) is 8.09. The van der Waals surface area contributed by atoms with E-state index in [9.17, 15) is 4.79 Å². The fourth-order valence-corrected chi connectivity index (χ4v) is 4.03. The molecular formula is C21H30ClN5O3. The quantitative estimate of drug-likeness (QED) is 0.712. The van der Waals surface area contributed by atoms with E-state index in [0.29, 0.717) is 37.2 Å². The monoisotopic (exact) mass is 435 g/mol. The van der Waals surface area contributed by atoms with Crippen LogP contribution in [0, 0.1) is 0 Å². The van der Waals surface area contributed by atoms with Crippen molar-refractivity contribution in [2.45, 2.75) is 32.2 Å². The highest BCUT2D eigenvalue weighted by Crippen LogP contribution is 2.21. The topological polar surface area (TPSA) is 83.7 Å². The number of hydrogen-bond acceptors (Lipinski definition) is 7. The molecule has 1 atom stereocenters. The molecule has 4 rings (SSSR count). The number of amides is 1. The average Bonchev–Trinajstić information content (AvgIpc) is 3.44. The van der Waals surface area contributed by atoms with Gasteiger partial charge in [-0.2, -0.15) is 4.98 Å². The first-order chi connectivity index (χ1) is 14.2. The Hall–Kier alpha value is -2.16. The molecule has 1 N–H and O–H groups in total. The smallest absolute Gasteiger partial charge is 0.227 e. The first kappa shape index (κ1) is 22.5. The summed E-state index contributed by atoms with van der Waals surface area (Å²) in [5.41, 5.74) is 0.869. The first-order valence-electron chi connectivity index (χ1n) is 10.5. The van der Waals surface area contributed by atoms with E-state index in [1.165, 1.54) is 0 Å². The van der Waals surface area contributed by atoms with Crippen LogP contribution in [0.5, 0.6) is 5.75 Å². The van der Waals surface area contributed by atoms with Crippen LogP contribution in [0.2, 0.25) is 0 Å². The molecule has 3 heterocycles. The van der Waals surface area contributed by atoms with Gasteiger partial charge in [0.2, 0.25) is 17.6 Å². The number of carbonyl (C=O) groups excluding carboxylic acids is 1.